The summed E-state index contributed by atoms with van der Waals surface area (Å²) in [6.07, 6.45) is 3.47. The lowest BCUT2D eigenvalue weighted by Crippen LogP contribution is -2.31. The zero-order chi connectivity index (χ0) is 20.0. The lowest BCUT2D eigenvalue weighted by atomic mass is 10.00. The molecule has 0 aliphatic carbocycles. The van der Waals surface area contributed by atoms with E-state index in [0.29, 0.717) is 36.9 Å². The zero-order valence-corrected chi connectivity index (χ0v) is 16.4. The van der Waals surface area contributed by atoms with E-state index in [1.54, 1.807) is 12.3 Å². The Kier molecular flexibility index (Phi) is 4.25. The van der Waals surface area contributed by atoms with Crippen LogP contribution in [0.4, 0.5) is 0 Å². The van der Waals surface area contributed by atoms with Crippen LogP contribution in [0.5, 0.6) is 11.5 Å². The third-order valence-corrected chi connectivity index (χ3v) is 5.34. The molecule has 0 N–H and O–H groups in total. The first kappa shape index (κ1) is 17.8. The first-order valence-electron chi connectivity index (χ1n) is 9.63. The van der Waals surface area contributed by atoms with Gasteiger partial charge in [0.25, 0.3) is 0 Å². The molecular formula is C24H21NO4. The summed E-state index contributed by atoms with van der Waals surface area (Å²) in [7, 11) is 0. The standard InChI is InChI=1S/C24H21NO4/c1-15-5-7-17(8-6-15)10-21-22(26)20-11-18-12-25(13-19-4-3-9-27-19)14-28-23(18)16(2)24(20)29-21/h3-11H,12-14H2,1-2H3/b21-10-. The first-order chi connectivity index (χ1) is 14.1. The molecule has 0 bridgehead atoms. The Morgan fingerprint density at radius 3 is 2.69 bits per heavy atom. The van der Waals surface area contributed by atoms with Gasteiger partial charge in [-0.25, -0.2) is 0 Å². The Balaban J connectivity index is 1.44. The molecular weight excluding hydrogens is 366 g/mol. The number of fused-ring (bicyclic) bond motifs is 2. The van der Waals surface area contributed by atoms with E-state index in [0.717, 1.165) is 28.2 Å². The molecule has 3 aromatic rings. The molecule has 5 nitrogen and oxygen atoms in total. The average Bonchev–Trinajstić information content (AvgIpc) is 3.33. The molecule has 3 heterocycles. The Labute approximate surface area is 169 Å². The number of nitrogens with zero attached hydrogens (tertiary/aromatic N) is 1. The van der Waals surface area contributed by atoms with E-state index >= 15 is 0 Å². The maximum Gasteiger partial charge on any atom is 0.231 e. The number of ketones is 1. The fraction of sp³-hybridized carbons (Fsp3) is 0.208. The van der Waals surface area contributed by atoms with Crippen LogP contribution in [0.15, 0.2) is 58.9 Å². The summed E-state index contributed by atoms with van der Waals surface area (Å²) in [6.45, 7) is 5.79. The number of benzene rings is 2. The Bertz CT molecular complexity index is 1110. The van der Waals surface area contributed by atoms with Gasteiger partial charge in [-0.05, 0) is 43.7 Å². The fourth-order valence-electron chi connectivity index (χ4n) is 3.83. The minimum absolute atomic E-state index is 0.0883. The molecule has 2 aromatic carbocycles. The summed E-state index contributed by atoms with van der Waals surface area (Å²) in [5.41, 5.74) is 4.58. The molecule has 0 saturated carbocycles. The number of hydrogen-bond donors (Lipinski definition) is 0. The molecule has 0 unspecified atom stereocenters. The number of furan rings is 1. The van der Waals surface area contributed by atoms with Crippen molar-refractivity contribution in [3.05, 3.63) is 88.1 Å². The smallest absolute Gasteiger partial charge is 0.231 e. The van der Waals surface area contributed by atoms with Crippen LogP contribution in [0.1, 0.15) is 38.4 Å². The van der Waals surface area contributed by atoms with Crippen LogP contribution in [0.2, 0.25) is 0 Å². The molecule has 0 fully saturated rings. The van der Waals surface area contributed by atoms with Gasteiger partial charge < -0.3 is 13.9 Å². The van der Waals surface area contributed by atoms with Crippen molar-refractivity contribution in [3.63, 3.8) is 0 Å². The number of carbonyl (C=O) groups is 1. The van der Waals surface area contributed by atoms with Crippen LogP contribution >= 0.6 is 0 Å². The van der Waals surface area contributed by atoms with Crippen molar-refractivity contribution in [2.75, 3.05) is 6.73 Å². The van der Waals surface area contributed by atoms with Crippen molar-refractivity contribution in [2.24, 2.45) is 0 Å². The van der Waals surface area contributed by atoms with E-state index in [1.165, 1.54) is 5.56 Å². The molecule has 2 aliphatic heterocycles. The van der Waals surface area contributed by atoms with Gasteiger partial charge in [-0.3, -0.25) is 9.69 Å². The fourth-order valence-corrected chi connectivity index (χ4v) is 3.83. The summed E-state index contributed by atoms with van der Waals surface area (Å²) in [5.74, 6) is 2.56. The second-order valence-electron chi connectivity index (χ2n) is 7.56. The molecule has 5 heteroatoms. The largest absolute Gasteiger partial charge is 0.477 e. The maximum absolute atomic E-state index is 13.0. The van der Waals surface area contributed by atoms with Crippen molar-refractivity contribution >= 4 is 11.9 Å². The van der Waals surface area contributed by atoms with Gasteiger partial charge in [0, 0.05) is 17.7 Å². The minimum Gasteiger partial charge on any atom is -0.477 e. The van der Waals surface area contributed by atoms with Gasteiger partial charge in [-0.2, -0.15) is 0 Å². The summed E-state index contributed by atoms with van der Waals surface area (Å²) in [5, 5.41) is 0. The predicted octanol–water partition coefficient (Wildman–Crippen LogP) is 4.86. The number of ether oxygens (including phenoxy) is 2. The molecule has 29 heavy (non-hydrogen) atoms. The number of aryl methyl sites for hydroxylation is 1. The molecule has 0 radical (unpaired) electrons. The van der Waals surface area contributed by atoms with Gasteiger partial charge >= 0.3 is 0 Å². The van der Waals surface area contributed by atoms with E-state index in [-0.39, 0.29) is 5.78 Å². The third kappa shape index (κ3) is 3.23. The molecule has 0 saturated heterocycles. The Hall–Kier alpha value is -3.31. The van der Waals surface area contributed by atoms with Crippen molar-refractivity contribution in [1.29, 1.82) is 0 Å². The average molecular weight is 387 g/mol. The minimum atomic E-state index is -0.0883. The van der Waals surface area contributed by atoms with Crippen LogP contribution in [0.3, 0.4) is 0 Å². The highest BCUT2D eigenvalue weighted by atomic mass is 16.5. The van der Waals surface area contributed by atoms with Crippen LogP contribution in [0, 0.1) is 13.8 Å². The Morgan fingerprint density at radius 1 is 1.10 bits per heavy atom. The number of Topliss-reactive ketones (excluding diaryl/α,β-unsaturated/α-hetero) is 1. The zero-order valence-electron chi connectivity index (χ0n) is 16.4. The lowest BCUT2D eigenvalue weighted by molar-refractivity contribution is 0.0813. The normalized spacial score (nSPS) is 17.0. The summed E-state index contributed by atoms with van der Waals surface area (Å²) >= 11 is 0. The van der Waals surface area contributed by atoms with E-state index in [4.69, 9.17) is 13.9 Å². The second-order valence-corrected chi connectivity index (χ2v) is 7.56. The van der Waals surface area contributed by atoms with Gasteiger partial charge in [0.1, 0.15) is 24.0 Å². The van der Waals surface area contributed by atoms with Gasteiger partial charge in [-0.1, -0.05) is 29.8 Å². The quantitative estimate of drug-likeness (QED) is 0.601. The molecule has 0 spiro atoms. The van der Waals surface area contributed by atoms with Crippen LogP contribution < -0.4 is 9.47 Å². The molecule has 2 aliphatic rings. The van der Waals surface area contributed by atoms with Gasteiger partial charge in [0.2, 0.25) is 5.78 Å². The highest BCUT2D eigenvalue weighted by Gasteiger charge is 2.33. The van der Waals surface area contributed by atoms with Crippen LogP contribution in [0.25, 0.3) is 6.08 Å². The van der Waals surface area contributed by atoms with Crippen molar-refractivity contribution < 1.29 is 18.7 Å². The first-order valence-corrected chi connectivity index (χ1v) is 9.63. The van der Waals surface area contributed by atoms with Crippen LogP contribution in [-0.4, -0.2) is 17.4 Å². The molecule has 0 atom stereocenters. The second kappa shape index (κ2) is 6.94. The lowest BCUT2D eigenvalue weighted by Gasteiger charge is -2.29. The molecule has 0 amide bonds. The van der Waals surface area contributed by atoms with Crippen molar-refractivity contribution in [1.82, 2.24) is 4.90 Å². The predicted molar refractivity (Wildman–Crippen MR) is 109 cm³/mol. The molecule has 146 valence electrons. The van der Waals surface area contributed by atoms with Gasteiger partial charge in [-0.15, -0.1) is 0 Å². The topological polar surface area (TPSA) is 51.9 Å². The van der Waals surface area contributed by atoms with E-state index < -0.39 is 0 Å². The SMILES string of the molecule is Cc1ccc(/C=C2\Oc3c(cc4c(c3C)OCN(Cc3ccco3)C4)C2=O)cc1. The number of hydrogen-bond acceptors (Lipinski definition) is 5. The monoisotopic (exact) mass is 387 g/mol. The number of allylic oxidation sites excluding steroid dienone is 1. The molecule has 1 aromatic heterocycles. The van der Waals surface area contributed by atoms with Crippen molar-refractivity contribution in [3.8, 4) is 11.5 Å². The van der Waals surface area contributed by atoms with Crippen molar-refractivity contribution in [2.45, 2.75) is 26.9 Å². The highest BCUT2D eigenvalue weighted by molar-refractivity contribution is 6.15. The summed E-state index contributed by atoms with van der Waals surface area (Å²) in [6, 6.07) is 13.7. The summed E-state index contributed by atoms with van der Waals surface area (Å²) < 4.78 is 17.4. The van der Waals surface area contributed by atoms with E-state index in [9.17, 15) is 4.79 Å². The maximum atomic E-state index is 13.0. The molecule has 5 rings (SSSR count). The van der Waals surface area contributed by atoms with Gasteiger partial charge in [0.15, 0.2) is 5.76 Å². The van der Waals surface area contributed by atoms with Gasteiger partial charge in [0.05, 0.1) is 18.4 Å². The number of rotatable bonds is 3. The third-order valence-electron chi connectivity index (χ3n) is 5.34. The van der Waals surface area contributed by atoms with E-state index in [1.807, 2.05) is 56.3 Å². The van der Waals surface area contributed by atoms with E-state index in [2.05, 4.69) is 4.90 Å². The Morgan fingerprint density at radius 2 is 1.93 bits per heavy atom. The number of carbonyl (C=O) groups excluding carboxylic acids is 1. The van der Waals surface area contributed by atoms with Crippen LogP contribution in [-0.2, 0) is 13.1 Å². The highest BCUT2D eigenvalue weighted by Crippen LogP contribution is 2.43. The summed E-state index contributed by atoms with van der Waals surface area (Å²) in [4.78, 5) is 15.1.